The zero-order valence-electron chi connectivity index (χ0n) is 8.13. The molecule has 13 heavy (non-hydrogen) atoms. The van der Waals surface area contributed by atoms with E-state index in [1.807, 2.05) is 0 Å². The van der Waals surface area contributed by atoms with Crippen molar-refractivity contribution in [3.8, 4) is 6.07 Å². The number of hydrogen-bond donors (Lipinski definition) is 1. The monoisotopic (exact) mass is 181 g/mol. The van der Waals surface area contributed by atoms with E-state index in [9.17, 15) is 4.79 Å². The van der Waals surface area contributed by atoms with E-state index < -0.39 is 5.54 Å². The minimum atomic E-state index is -0.596. The molecule has 1 aliphatic carbocycles. The molecule has 0 heterocycles. The lowest BCUT2D eigenvalue weighted by Crippen LogP contribution is -2.49. The highest BCUT2D eigenvalue weighted by atomic mass is 16.2. The predicted molar refractivity (Wildman–Crippen MR) is 49.0 cm³/mol. The van der Waals surface area contributed by atoms with Crippen LogP contribution in [-0.4, -0.2) is 30.6 Å². The molecule has 0 spiro atoms. The average Bonchev–Trinajstić information content (AvgIpc) is 2.54. The van der Waals surface area contributed by atoms with Gasteiger partial charge in [0.15, 0.2) is 0 Å². The van der Waals surface area contributed by atoms with Gasteiger partial charge in [0.2, 0.25) is 0 Å². The van der Waals surface area contributed by atoms with Gasteiger partial charge in [-0.05, 0) is 25.7 Å². The van der Waals surface area contributed by atoms with Gasteiger partial charge in [0.05, 0.1) is 6.07 Å². The first-order chi connectivity index (χ1) is 6.09. The van der Waals surface area contributed by atoms with Crippen LogP contribution in [0.1, 0.15) is 25.7 Å². The van der Waals surface area contributed by atoms with Crippen molar-refractivity contribution in [2.45, 2.75) is 31.2 Å². The highest BCUT2D eigenvalue weighted by Gasteiger charge is 2.35. The molecule has 0 aromatic rings. The molecule has 1 saturated carbocycles. The van der Waals surface area contributed by atoms with E-state index in [0.29, 0.717) is 0 Å². The zero-order chi connectivity index (χ0) is 9.90. The molecule has 0 unspecified atom stereocenters. The van der Waals surface area contributed by atoms with Gasteiger partial charge in [-0.25, -0.2) is 4.79 Å². The number of carbonyl (C=O) groups excluding carboxylic acids is 1. The third-order valence-corrected chi connectivity index (χ3v) is 2.42. The summed E-state index contributed by atoms with van der Waals surface area (Å²) in [4.78, 5) is 12.8. The van der Waals surface area contributed by atoms with E-state index in [0.717, 1.165) is 25.7 Å². The Bertz CT molecular complexity index is 236. The normalized spacial score (nSPS) is 19.2. The summed E-state index contributed by atoms with van der Waals surface area (Å²) in [5.74, 6) is 0. The van der Waals surface area contributed by atoms with Gasteiger partial charge in [-0.2, -0.15) is 5.26 Å². The average molecular weight is 181 g/mol. The first kappa shape index (κ1) is 9.85. The second-order valence-corrected chi connectivity index (χ2v) is 3.73. The third kappa shape index (κ3) is 2.11. The van der Waals surface area contributed by atoms with E-state index in [1.54, 1.807) is 14.1 Å². The van der Waals surface area contributed by atoms with Crippen LogP contribution in [-0.2, 0) is 0 Å². The Morgan fingerprint density at radius 1 is 1.46 bits per heavy atom. The largest absolute Gasteiger partial charge is 0.331 e. The minimum absolute atomic E-state index is 0.177. The number of carbonyl (C=O) groups is 1. The van der Waals surface area contributed by atoms with E-state index in [4.69, 9.17) is 5.26 Å². The Balaban J connectivity index is 2.60. The lowest BCUT2D eigenvalue weighted by atomic mass is 10.0. The molecule has 1 aliphatic rings. The van der Waals surface area contributed by atoms with Crippen LogP contribution in [0.4, 0.5) is 4.79 Å². The molecule has 1 fully saturated rings. The van der Waals surface area contributed by atoms with Crippen LogP contribution in [0.3, 0.4) is 0 Å². The molecule has 0 aromatic heterocycles. The highest BCUT2D eigenvalue weighted by Crippen LogP contribution is 2.28. The summed E-state index contributed by atoms with van der Waals surface area (Å²) >= 11 is 0. The van der Waals surface area contributed by atoms with Crippen molar-refractivity contribution >= 4 is 6.03 Å². The van der Waals surface area contributed by atoms with E-state index in [2.05, 4.69) is 11.4 Å². The van der Waals surface area contributed by atoms with Crippen LogP contribution in [0, 0.1) is 11.3 Å². The van der Waals surface area contributed by atoms with Gasteiger partial charge in [-0.15, -0.1) is 0 Å². The molecule has 72 valence electrons. The zero-order valence-corrected chi connectivity index (χ0v) is 8.13. The van der Waals surface area contributed by atoms with Crippen LogP contribution in [0.2, 0.25) is 0 Å². The fraction of sp³-hybridized carbons (Fsp3) is 0.778. The fourth-order valence-corrected chi connectivity index (χ4v) is 1.56. The van der Waals surface area contributed by atoms with Crippen molar-refractivity contribution in [2.75, 3.05) is 14.1 Å². The van der Waals surface area contributed by atoms with Crippen molar-refractivity contribution in [2.24, 2.45) is 0 Å². The van der Waals surface area contributed by atoms with Crippen LogP contribution in [0.15, 0.2) is 0 Å². The summed E-state index contributed by atoms with van der Waals surface area (Å²) < 4.78 is 0. The standard InChI is InChI=1S/C9H15N3O/c1-12(2)8(13)11-9(7-10)5-3-4-6-9/h3-6H2,1-2H3,(H,11,13). The van der Waals surface area contributed by atoms with E-state index >= 15 is 0 Å². The molecule has 4 nitrogen and oxygen atoms in total. The van der Waals surface area contributed by atoms with Gasteiger partial charge in [0, 0.05) is 14.1 Å². The number of hydrogen-bond acceptors (Lipinski definition) is 2. The molecule has 0 radical (unpaired) electrons. The van der Waals surface area contributed by atoms with Gasteiger partial charge in [-0.3, -0.25) is 0 Å². The Kier molecular flexibility index (Phi) is 2.76. The molecule has 2 amide bonds. The summed E-state index contributed by atoms with van der Waals surface area (Å²) in [5, 5.41) is 11.7. The molecule has 1 rings (SSSR count). The molecule has 1 N–H and O–H groups in total. The lowest BCUT2D eigenvalue weighted by molar-refractivity contribution is 0.208. The molecule has 0 saturated heterocycles. The molecule has 0 aromatic carbocycles. The molecular weight excluding hydrogens is 166 g/mol. The van der Waals surface area contributed by atoms with Crippen LogP contribution >= 0.6 is 0 Å². The SMILES string of the molecule is CN(C)C(=O)NC1(C#N)CCCC1. The second kappa shape index (κ2) is 3.65. The van der Waals surface area contributed by atoms with Crippen LogP contribution < -0.4 is 5.32 Å². The number of nitriles is 1. The number of nitrogens with one attached hydrogen (secondary N) is 1. The molecular formula is C9H15N3O. The maximum absolute atomic E-state index is 11.3. The quantitative estimate of drug-likeness (QED) is 0.658. The Morgan fingerprint density at radius 3 is 2.38 bits per heavy atom. The summed E-state index contributed by atoms with van der Waals surface area (Å²) in [6.07, 6.45) is 3.62. The first-order valence-electron chi connectivity index (χ1n) is 4.50. The third-order valence-electron chi connectivity index (χ3n) is 2.42. The number of amides is 2. The Morgan fingerprint density at radius 2 is 2.00 bits per heavy atom. The van der Waals surface area contributed by atoms with Crippen molar-refractivity contribution in [1.82, 2.24) is 10.2 Å². The minimum Gasteiger partial charge on any atom is -0.331 e. The number of urea groups is 1. The van der Waals surface area contributed by atoms with Crippen molar-refractivity contribution in [1.29, 1.82) is 5.26 Å². The number of nitrogens with zero attached hydrogens (tertiary/aromatic N) is 2. The van der Waals surface area contributed by atoms with Gasteiger partial charge in [0.25, 0.3) is 0 Å². The molecule has 4 heteroatoms. The highest BCUT2D eigenvalue weighted by molar-refractivity contribution is 5.75. The summed E-state index contributed by atoms with van der Waals surface area (Å²) in [6, 6.07) is 2.03. The van der Waals surface area contributed by atoms with Gasteiger partial charge in [0.1, 0.15) is 5.54 Å². The second-order valence-electron chi connectivity index (χ2n) is 3.73. The van der Waals surface area contributed by atoms with Gasteiger partial charge in [-0.1, -0.05) is 0 Å². The molecule has 0 aliphatic heterocycles. The predicted octanol–water partition coefficient (Wildman–Crippen LogP) is 1.09. The maximum atomic E-state index is 11.3. The molecule has 0 bridgehead atoms. The van der Waals surface area contributed by atoms with E-state index in [1.165, 1.54) is 4.90 Å². The fourth-order valence-electron chi connectivity index (χ4n) is 1.56. The maximum Gasteiger partial charge on any atom is 0.318 e. The summed E-state index contributed by atoms with van der Waals surface area (Å²) in [5.41, 5.74) is -0.596. The van der Waals surface area contributed by atoms with Crippen molar-refractivity contribution in [3.05, 3.63) is 0 Å². The first-order valence-corrected chi connectivity index (χ1v) is 4.50. The van der Waals surface area contributed by atoms with E-state index in [-0.39, 0.29) is 6.03 Å². The lowest BCUT2D eigenvalue weighted by Gasteiger charge is -2.24. The Hall–Kier alpha value is -1.24. The summed E-state index contributed by atoms with van der Waals surface area (Å²) in [7, 11) is 3.35. The van der Waals surface area contributed by atoms with Crippen molar-refractivity contribution in [3.63, 3.8) is 0 Å². The molecule has 0 atom stereocenters. The number of rotatable bonds is 1. The topological polar surface area (TPSA) is 56.1 Å². The van der Waals surface area contributed by atoms with Gasteiger partial charge < -0.3 is 10.2 Å². The summed E-state index contributed by atoms with van der Waals surface area (Å²) in [6.45, 7) is 0. The Labute approximate surface area is 78.5 Å². The van der Waals surface area contributed by atoms with Crippen LogP contribution in [0.25, 0.3) is 0 Å². The van der Waals surface area contributed by atoms with Crippen molar-refractivity contribution < 1.29 is 4.79 Å². The smallest absolute Gasteiger partial charge is 0.318 e. The van der Waals surface area contributed by atoms with Crippen LogP contribution in [0.5, 0.6) is 0 Å². The van der Waals surface area contributed by atoms with Gasteiger partial charge >= 0.3 is 6.03 Å².